The van der Waals surface area contributed by atoms with Crippen molar-refractivity contribution in [2.75, 3.05) is 32.7 Å². The number of hydrogen-bond donors (Lipinski definition) is 1. The zero-order chi connectivity index (χ0) is 20.5. The minimum Gasteiger partial charge on any atom is -0.354 e. The number of rotatable bonds is 4. The van der Waals surface area contributed by atoms with Crippen molar-refractivity contribution in [1.29, 1.82) is 0 Å². The molecule has 3 fully saturated rings. The van der Waals surface area contributed by atoms with Crippen LogP contribution < -0.4 is 5.32 Å². The Balaban J connectivity index is 1.31. The van der Waals surface area contributed by atoms with E-state index in [2.05, 4.69) is 10.4 Å². The Morgan fingerprint density at radius 1 is 1.21 bits per heavy atom. The molecular weight excluding hydrogens is 370 g/mol. The summed E-state index contributed by atoms with van der Waals surface area (Å²) >= 11 is 0. The van der Waals surface area contributed by atoms with Gasteiger partial charge < -0.3 is 15.1 Å². The second kappa shape index (κ2) is 8.16. The van der Waals surface area contributed by atoms with Crippen LogP contribution in [0.3, 0.4) is 0 Å². The molecule has 0 radical (unpaired) electrons. The molecule has 0 unspecified atom stereocenters. The van der Waals surface area contributed by atoms with Gasteiger partial charge in [-0.3, -0.25) is 19.1 Å². The maximum atomic E-state index is 13.0. The number of nitrogens with zero attached hydrogens (tertiary/aromatic N) is 4. The molecule has 0 bridgehead atoms. The molecule has 3 heterocycles. The minimum atomic E-state index is -0.000175. The predicted octanol–water partition coefficient (Wildman–Crippen LogP) is 0.723. The summed E-state index contributed by atoms with van der Waals surface area (Å²) in [5.74, 6) is 1.15. The highest BCUT2D eigenvalue weighted by molar-refractivity contribution is 5.83. The lowest BCUT2D eigenvalue weighted by molar-refractivity contribution is -0.152. The molecule has 1 aromatic heterocycles. The Morgan fingerprint density at radius 3 is 2.79 bits per heavy atom. The molecule has 29 heavy (non-hydrogen) atoms. The number of aromatic nitrogens is 2. The van der Waals surface area contributed by atoms with Crippen molar-refractivity contribution in [2.24, 2.45) is 17.8 Å². The molecule has 8 heteroatoms. The van der Waals surface area contributed by atoms with E-state index in [0.717, 1.165) is 30.8 Å². The third-order valence-electron chi connectivity index (χ3n) is 6.82. The number of piperidine rings is 1. The van der Waals surface area contributed by atoms with Crippen LogP contribution in [-0.4, -0.2) is 70.0 Å². The van der Waals surface area contributed by atoms with Gasteiger partial charge >= 0.3 is 0 Å². The average molecular weight is 402 g/mol. The number of nitrogens with one attached hydrogen (secondary N) is 1. The van der Waals surface area contributed by atoms with Crippen LogP contribution >= 0.6 is 0 Å². The lowest BCUT2D eigenvalue weighted by Gasteiger charge is -2.51. The average Bonchev–Trinajstić information content (AvgIpc) is 2.85. The Hall–Kier alpha value is -2.38. The van der Waals surface area contributed by atoms with Crippen molar-refractivity contribution >= 4 is 17.7 Å². The molecule has 4 rings (SSSR count). The first-order valence-corrected chi connectivity index (χ1v) is 10.8. The molecule has 1 aliphatic carbocycles. The van der Waals surface area contributed by atoms with Crippen LogP contribution in [0.2, 0.25) is 0 Å². The van der Waals surface area contributed by atoms with Gasteiger partial charge in [-0.1, -0.05) is 0 Å². The van der Waals surface area contributed by atoms with Gasteiger partial charge in [0.25, 0.3) is 0 Å². The summed E-state index contributed by atoms with van der Waals surface area (Å²) in [5, 5.41) is 7.25. The lowest BCUT2D eigenvalue weighted by atomic mass is 9.61. The number of carbonyl (C=O) groups is 3. The van der Waals surface area contributed by atoms with Gasteiger partial charge in [-0.15, -0.1) is 0 Å². The number of aryl methyl sites for hydroxylation is 3. The first-order valence-electron chi connectivity index (χ1n) is 10.8. The number of carbonyl (C=O) groups excluding carboxylic acids is 3. The van der Waals surface area contributed by atoms with Gasteiger partial charge in [0.15, 0.2) is 0 Å². The van der Waals surface area contributed by atoms with E-state index in [-0.39, 0.29) is 29.6 Å². The highest BCUT2D eigenvalue weighted by Gasteiger charge is 2.49. The fourth-order valence-electron chi connectivity index (χ4n) is 5.08. The fraction of sp³-hybridized carbons (Fsp3) is 0.714. The van der Waals surface area contributed by atoms with Gasteiger partial charge in [0.2, 0.25) is 17.7 Å². The van der Waals surface area contributed by atoms with Gasteiger partial charge in [0, 0.05) is 63.7 Å². The molecule has 0 aromatic carbocycles. The quantitative estimate of drug-likeness (QED) is 0.806. The van der Waals surface area contributed by atoms with Gasteiger partial charge in [-0.25, -0.2) is 0 Å². The van der Waals surface area contributed by atoms with Gasteiger partial charge in [0.05, 0.1) is 5.69 Å². The van der Waals surface area contributed by atoms with E-state index in [1.807, 2.05) is 34.4 Å². The maximum Gasteiger partial charge on any atom is 0.226 e. The number of hydrogen-bond acceptors (Lipinski definition) is 4. The van der Waals surface area contributed by atoms with Crippen molar-refractivity contribution in [3.05, 3.63) is 17.5 Å². The minimum absolute atomic E-state index is 0.000175. The third kappa shape index (κ3) is 4.16. The number of fused-ring (bicyclic) bond motifs is 1. The Bertz CT molecular complexity index is 804. The second-order valence-corrected chi connectivity index (χ2v) is 8.72. The summed E-state index contributed by atoms with van der Waals surface area (Å²) in [6, 6.07) is 2.02. The molecule has 1 N–H and O–H groups in total. The van der Waals surface area contributed by atoms with Crippen LogP contribution in [0.4, 0.5) is 0 Å². The number of amides is 3. The highest BCUT2D eigenvalue weighted by Crippen LogP contribution is 2.46. The predicted molar refractivity (Wildman–Crippen MR) is 107 cm³/mol. The highest BCUT2D eigenvalue weighted by atomic mass is 16.2. The molecule has 158 valence electrons. The van der Waals surface area contributed by atoms with Gasteiger partial charge in [0.1, 0.15) is 0 Å². The molecule has 3 amide bonds. The van der Waals surface area contributed by atoms with Crippen LogP contribution in [0.1, 0.15) is 37.1 Å². The van der Waals surface area contributed by atoms with E-state index in [1.165, 1.54) is 0 Å². The van der Waals surface area contributed by atoms with E-state index in [4.69, 9.17) is 0 Å². The molecule has 3 aliphatic rings. The summed E-state index contributed by atoms with van der Waals surface area (Å²) < 4.78 is 1.89. The normalized spacial score (nSPS) is 27.0. The van der Waals surface area contributed by atoms with Gasteiger partial charge in [-0.05, 0) is 44.6 Å². The molecule has 2 aliphatic heterocycles. The smallest absolute Gasteiger partial charge is 0.226 e. The van der Waals surface area contributed by atoms with Crippen molar-refractivity contribution in [2.45, 2.75) is 46.1 Å². The maximum absolute atomic E-state index is 13.0. The number of likely N-dealkylation sites (tertiary alicyclic amines) is 1. The topological polar surface area (TPSA) is 87.5 Å². The van der Waals surface area contributed by atoms with Crippen LogP contribution in [-0.2, 0) is 20.9 Å². The standard InChI is InChI=1S/C21H31N5O3/c1-14-11-15(2)26(23-14)9-5-20(28)25-7-3-16-12-17(18(16)13-25)21(29)24-8-4-19(27)22-6-10-24/h11,16-18H,3-10,12-13H2,1-2H3,(H,22,27)/t16-,17-,18-/m1/s1. The first-order chi connectivity index (χ1) is 13.9. The van der Waals surface area contributed by atoms with E-state index in [9.17, 15) is 14.4 Å². The molecule has 2 saturated heterocycles. The van der Waals surface area contributed by atoms with Crippen LogP contribution in [0, 0.1) is 31.6 Å². The first kappa shape index (κ1) is 19.9. The summed E-state index contributed by atoms with van der Waals surface area (Å²) in [4.78, 5) is 41.1. The Labute approximate surface area is 171 Å². The second-order valence-electron chi connectivity index (χ2n) is 8.72. The lowest BCUT2D eigenvalue weighted by Crippen LogP contribution is -2.56. The molecule has 8 nitrogen and oxygen atoms in total. The Kier molecular flexibility index (Phi) is 5.61. The zero-order valence-electron chi connectivity index (χ0n) is 17.4. The van der Waals surface area contributed by atoms with Crippen LogP contribution in [0.5, 0.6) is 0 Å². The SMILES string of the molecule is Cc1cc(C)n(CCC(=O)N2CC[C@@H]3C[C@@H](C(=O)N4CCNC(=O)CC4)[C@@H]3C2)n1. The van der Waals surface area contributed by atoms with Crippen LogP contribution in [0.25, 0.3) is 0 Å². The van der Waals surface area contributed by atoms with Crippen molar-refractivity contribution in [3.8, 4) is 0 Å². The summed E-state index contributed by atoms with van der Waals surface area (Å²) in [6.07, 6.45) is 2.73. The molecule has 1 saturated carbocycles. The van der Waals surface area contributed by atoms with Crippen LogP contribution in [0.15, 0.2) is 6.07 Å². The molecular formula is C21H31N5O3. The van der Waals surface area contributed by atoms with E-state index >= 15 is 0 Å². The van der Waals surface area contributed by atoms with Crippen molar-refractivity contribution in [3.63, 3.8) is 0 Å². The summed E-state index contributed by atoms with van der Waals surface area (Å²) in [7, 11) is 0. The summed E-state index contributed by atoms with van der Waals surface area (Å²) in [5.41, 5.74) is 2.04. The largest absolute Gasteiger partial charge is 0.354 e. The fourth-order valence-corrected chi connectivity index (χ4v) is 5.08. The molecule has 3 atom stereocenters. The van der Waals surface area contributed by atoms with Crippen molar-refractivity contribution in [1.82, 2.24) is 24.9 Å². The molecule has 1 aromatic rings. The monoisotopic (exact) mass is 401 g/mol. The van der Waals surface area contributed by atoms with E-state index in [1.54, 1.807) is 0 Å². The van der Waals surface area contributed by atoms with E-state index < -0.39 is 0 Å². The van der Waals surface area contributed by atoms with Gasteiger partial charge in [-0.2, -0.15) is 5.10 Å². The van der Waals surface area contributed by atoms with Crippen molar-refractivity contribution < 1.29 is 14.4 Å². The third-order valence-corrected chi connectivity index (χ3v) is 6.82. The zero-order valence-corrected chi connectivity index (χ0v) is 17.4. The van der Waals surface area contributed by atoms with E-state index in [0.29, 0.717) is 51.5 Å². The Morgan fingerprint density at radius 2 is 2.03 bits per heavy atom. The molecule has 0 spiro atoms. The summed E-state index contributed by atoms with van der Waals surface area (Å²) in [6.45, 7) is 7.66.